The molecule has 1 atom stereocenters. The van der Waals surface area contributed by atoms with Crippen LogP contribution in [0.3, 0.4) is 0 Å². The summed E-state index contributed by atoms with van der Waals surface area (Å²) in [6, 6.07) is 19.4. The number of benzene rings is 2. The third kappa shape index (κ3) is 3.87. The third-order valence-electron chi connectivity index (χ3n) is 2.76. The maximum atomic E-state index is 3.50. The average molecular weight is 322 g/mol. The minimum Gasteiger partial charge on any atom is -0.312 e. The van der Waals surface area contributed by atoms with Crippen LogP contribution in [0.15, 0.2) is 64.0 Å². The highest BCUT2D eigenvalue weighted by molar-refractivity contribution is 9.10. The number of hydrogen-bond donors (Lipinski definition) is 1. The van der Waals surface area contributed by atoms with Gasteiger partial charge in [-0.25, -0.2) is 0 Å². The van der Waals surface area contributed by atoms with E-state index in [9.17, 15) is 0 Å². The molecule has 1 N–H and O–H groups in total. The Labute approximate surface area is 121 Å². The van der Waals surface area contributed by atoms with Gasteiger partial charge in [-0.3, -0.25) is 0 Å². The molecule has 2 aromatic carbocycles. The number of hydrogen-bond acceptors (Lipinski definition) is 2. The van der Waals surface area contributed by atoms with Gasteiger partial charge in [-0.1, -0.05) is 52.3 Å². The molecule has 3 heteroatoms. The molecule has 0 saturated carbocycles. The predicted octanol–water partition coefficient (Wildman–Crippen LogP) is 4.50. The van der Waals surface area contributed by atoms with Crippen LogP contribution in [-0.2, 0) is 0 Å². The van der Waals surface area contributed by atoms with Crippen molar-refractivity contribution in [3.8, 4) is 0 Å². The van der Waals surface area contributed by atoms with Crippen molar-refractivity contribution in [2.75, 3.05) is 12.8 Å². The second-order valence-corrected chi connectivity index (χ2v) is 6.03. The second-order valence-electron chi connectivity index (χ2n) is 4.02. The topological polar surface area (TPSA) is 12.0 Å². The van der Waals surface area contributed by atoms with E-state index in [1.54, 1.807) is 0 Å². The number of halogens is 1. The fourth-order valence-corrected chi connectivity index (χ4v) is 3.42. The predicted molar refractivity (Wildman–Crippen MR) is 83.1 cm³/mol. The SMILES string of the molecule is CNC(CSc1cccc(Br)c1)c1ccccc1. The van der Waals surface area contributed by atoms with Crippen molar-refractivity contribution in [2.24, 2.45) is 0 Å². The van der Waals surface area contributed by atoms with Crippen molar-refractivity contribution in [3.63, 3.8) is 0 Å². The molecule has 2 rings (SSSR count). The fraction of sp³-hybridized carbons (Fsp3) is 0.200. The smallest absolute Gasteiger partial charge is 0.0412 e. The molecule has 0 bridgehead atoms. The van der Waals surface area contributed by atoms with Crippen LogP contribution >= 0.6 is 27.7 Å². The molecule has 0 aliphatic heterocycles. The molecule has 1 unspecified atom stereocenters. The lowest BCUT2D eigenvalue weighted by Gasteiger charge is -2.16. The highest BCUT2D eigenvalue weighted by Crippen LogP contribution is 2.26. The summed E-state index contributed by atoms with van der Waals surface area (Å²) in [6.07, 6.45) is 0. The molecule has 0 fully saturated rings. The van der Waals surface area contributed by atoms with Crippen LogP contribution in [-0.4, -0.2) is 12.8 Å². The summed E-state index contributed by atoms with van der Waals surface area (Å²) < 4.78 is 1.13. The average Bonchev–Trinajstić information content (AvgIpc) is 2.41. The highest BCUT2D eigenvalue weighted by Gasteiger charge is 2.08. The zero-order chi connectivity index (χ0) is 12.8. The second kappa shape index (κ2) is 6.98. The summed E-state index contributed by atoms with van der Waals surface area (Å²) >= 11 is 5.37. The van der Waals surface area contributed by atoms with Crippen molar-refractivity contribution in [3.05, 3.63) is 64.6 Å². The zero-order valence-corrected chi connectivity index (χ0v) is 12.7. The summed E-state index contributed by atoms with van der Waals surface area (Å²) in [6.45, 7) is 0. The summed E-state index contributed by atoms with van der Waals surface area (Å²) in [5.74, 6) is 1.02. The summed E-state index contributed by atoms with van der Waals surface area (Å²) in [5.41, 5.74) is 1.34. The number of nitrogens with one attached hydrogen (secondary N) is 1. The van der Waals surface area contributed by atoms with Gasteiger partial charge in [0, 0.05) is 21.2 Å². The van der Waals surface area contributed by atoms with Crippen LogP contribution in [0.1, 0.15) is 11.6 Å². The monoisotopic (exact) mass is 321 g/mol. The van der Waals surface area contributed by atoms with Gasteiger partial charge in [0.15, 0.2) is 0 Å². The van der Waals surface area contributed by atoms with Crippen molar-refractivity contribution in [1.82, 2.24) is 5.32 Å². The summed E-state index contributed by atoms with van der Waals surface area (Å²) in [5, 5.41) is 3.37. The van der Waals surface area contributed by atoms with E-state index in [1.807, 2.05) is 18.8 Å². The molecule has 0 saturated heterocycles. The first-order valence-electron chi connectivity index (χ1n) is 5.90. The van der Waals surface area contributed by atoms with Crippen LogP contribution in [0.5, 0.6) is 0 Å². The van der Waals surface area contributed by atoms with Crippen LogP contribution in [0.2, 0.25) is 0 Å². The molecule has 0 aliphatic carbocycles. The molecule has 0 aromatic heterocycles. The highest BCUT2D eigenvalue weighted by atomic mass is 79.9. The van der Waals surface area contributed by atoms with Crippen LogP contribution in [0, 0.1) is 0 Å². The van der Waals surface area contributed by atoms with Gasteiger partial charge < -0.3 is 5.32 Å². The molecule has 0 spiro atoms. The van der Waals surface area contributed by atoms with Crippen molar-refractivity contribution in [1.29, 1.82) is 0 Å². The van der Waals surface area contributed by atoms with Gasteiger partial charge in [-0.2, -0.15) is 0 Å². The van der Waals surface area contributed by atoms with Gasteiger partial charge in [0.1, 0.15) is 0 Å². The first-order chi connectivity index (χ1) is 8.79. The molecule has 0 radical (unpaired) electrons. The Bertz CT molecular complexity index is 487. The first-order valence-corrected chi connectivity index (χ1v) is 7.68. The quantitative estimate of drug-likeness (QED) is 0.813. The Morgan fingerprint density at radius 2 is 1.89 bits per heavy atom. The van der Waals surface area contributed by atoms with E-state index in [-0.39, 0.29) is 0 Å². The van der Waals surface area contributed by atoms with E-state index in [2.05, 4.69) is 75.8 Å². The van der Waals surface area contributed by atoms with E-state index in [4.69, 9.17) is 0 Å². The molecule has 0 aliphatic rings. The lowest BCUT2D eigenvalue weighted by molar-refractivity contribution is 0.662. The van der Waals surface area contributed by atoms with Gasteiger partial charge in [-0.05, 0) is 30.8 Å². The van der Waals surface area contributed by atoms with E-state index < -0.39 is 0 Å². The molecular weight excluding hydrogens is 306 g/mol. The van der Waals surface area contributed by atoms with E-state index in [1.165, 1.54) is 10.5 Å². The van der Waals surface area contributed by atoms with E-state index >= 15 is 0 Å². The van der Waals surface area contributed by atoms with Crippen LogP contribution in [0.4, 0.5) is 0 Å². The van der Waals surface area contributed by atoms with Crippen molar-refractivity contribution >= 4 is 27.7 Å². The number of rotatable bonds is 5. The van der Waals surface area contributed by atoms with Gasteiger partial charge >= 0.3 is 0 Å². The lowest BCUT2D eigenvalue weighted by Crippen LogP contribution is -2.18. The molecule has 18 heavy (non-hydrogen) atoms. The standard InChI is InChI=1S/C15H16BrNS/c1-17-15(12-6-3-2-4-7-12)11-18-14-9-5-8-13(16)10-14/h2-10,15,17H,11H2,1H3. The zero-order valence-electron chi connectivity index (χ0n) is 10.3. The Morgan fingerprint density at radius 3 is 2.56 bits per heavy atom. The minimum absolute atomic E-state index is 0.384. The van der Waals surface area contributed by atoms with Crippen LogP contribution < -0.4 is 5.32 Å². The molecule has 94 valence electrons. The fourth-order valence-electron chi connectivity index (χ4n) is 1.77. The normalized spacial score (nSPS) is 12.3. The Morgan fingerprint density at radius 1 is 1.11 bits per heavy atom. The Hall–Kier alpha value is -0.770. The first kappa shape index (κ1) is 13.7. The number of thioether (sulfide) groups is 1. The molecule has 0 amide bonds. The largest absolute Gasteiger partial charge is 0.312 e. The van der Waals surface area contributed by atoms with E-state index in [0.29, 0.717) is 6.04 Å². The molecule has 2 aromatic rings. The van der Waals surface area contributed by atoms with Gasteiger partial charge in [0.2, 0.25) is 0 Å². The summed E-state index contributed by atoms with van der Waals surface area (Å²) in [7, 11) is 2.01. The third-order valence-corrected chi connectivity index (χ3v) is 4.34. The molecular formula is C15H16BrNS. The lowest BCUT2D eigenvalue weighted by atomic mass is 10.1. The maximum Gasteiger partial charge on any atom is 0.0412 e. The Balaban J connectivity index is 2.00. The molecule has 0 heterocycles. The minimum atomic E-state index is 0.384. The maximum absolute atomic E-state index is 3.50. The molecule has 1 nitrogen and oxygen atoms in total. The van der Waals surface area contributed by atoms with Crippen molar-refractivity contribution < 1.29 is 0 Å². The van der Waals surface area contributed by atoms with Gasteiger partial charge in [-0.15, -0.1) is 11.8 Å². The van der Waals surface area contributed by atoms with Crippen molar-refractivity contribution in [2.45, 2.75) is 10.9 Å². The Kier molecular flexibility index (Phi) is 5.29. The van der Waals surface area contributed by atoms with E-state index in [0.717, 1.165) is 10.2 Å². The summed E-state index contributed by atoms with van der Waals surface area (Å²) in [4.78, 5) is 1.29. The van der Waals surface area contributed by atoms with Gasteiger partial charge in [0.25, 0.3) is 0 Å². The van der Waals surface area contributed by atoms with Crippen LogP contribution in [0.25, 0.3) is 0 Å². The van der Waals surface area contributed by atoms with Gasteiger partial charge in [0.05, 0.1) is 0 Å².